The molecule has 4 nitrogen and oxygen atoms in total. The molecule has 0 radical (unpaired) electrons. The first-order chi connectivity index (χ1) is 10.2. The molecule has 0 saturated carbocycles. The maximum absolute atomic E-state index is 7.16. The van der Waals surface area contributed by atoms with Crippen molar-refractivity contribution in [2.24, 2.45) is 5.73 Å². The highest BCUT2D eigenvalue weighted by Gasteiger charge is 2.10. The standard InChI is InChI=1S/C17H27N3O/c18-17(19)6-2-5-13-21-16-9-7-15(8-10-16)14-20-11-3-1-4-12-20/h7-10H,1-6,11-14H2,(H3,18,19). The second-order valence-electron chi connectivity index (χ2n) is 5.81. The van der Waals surface area contributed by atoms with Crippen LogP contribution in [0.3, 0.4) is 0 Å². The molecule has 0 spiro atoms. The summed E-state index contributed by atoms with van der Waals surface area (Å²) in [6.45, 7) is 4.21. The van der Waals surface area contributed by atoms with Crippen LogP contribution >= 0.6 is 0 Å². The Morgan fingerprint density at radius 3 is 2.48 bits per heavy atom. The summed E-state index contributed by atoms with van der Waals surface area (Å²) in [4.78, 5) is 2.53. The molecular weight excluding hydrogens is 262 g/mol. The smallest absolute Gasteiger partial charge is 0.119 e. The quantitative estimate of drug-likeness (QED) is 0.439. The Balaban J connectivity index is 1.67. The first kappa shape index (κ1) is 15.8. The number of benzene rings is 1. The minimum Gasteiger partial charge on any atom is -0.494 e. The summed E-state index contributed by atoms with van der Waals surface area (Å²) in [6, 6.07) is 8.45. The Morgan fingerprint density at radius 2 is 1.81 bits per heavy atom. The number of amidine groups is 1. The van der Waals surface area contributed by atoms with Crippen molar-refractivity contribution < 1.29 is 4.74 Å². The number of piperidine rings is 1. The van der Waals surface area contributed by atoms with Gasteiger partial charge in [0, 0.05) is 13.0 Å². The average Bonchev–Trinajstić information content (AvgIpc) is 2.49. The highest BCUT2D eigenvalue weighted by atomic mass is 16.5. The number of nitrogens with zero attached hydrogens (tertiary/aromatic N) is 1. The fourth-order valence-corrected chi connectivity index (χ4v) is 2.67. The van der Waals surface area contributed by atoms with Gasteiger partial charge in [-0.15, -0.1) is 0 Å². The van der Waals surface area contributed by atoms with Crippen molar-refractivity contribution in [3.63, 3.8) is 0 Å². The lowest BCUT2D eigenvalue weighted by atomic mass is 10.1. The van der Waals surface area contributed by atoms with Gasteiger partial charge < -0.3 is 10.5 Å². The van der Waals surface area contributed by atoms with Gasteiger partial charge >= 0.3 is 0 Å². The van der Waals surface area contributed by atoms with Crippen molar-refractivity contribution in [2.45, 2.75) is 45.1 Å². The van der Waals surface area contributed by atoms with E-state index in [9.17, 15) is 0 Å². The molecule has 3 N–H and O–H groups in total. The Bertz CT molecular complexity index is 424. The molecule has 1 aliphatic heterocycles. The van der Waals surface area contributed by atoms with E-state index in [-0.39, 0.29) is 5.84 Å². The summed E-state index contributed by atoms with van der Waals surface area (Å²) in [5.41, 5.74) is 6.68. The van der Waals surface area contributed by atoms with Gasteiger partial charge in [-0.3, -0.25) is 10.3 Å². The lowest BCUT2D eigenvalue weighted by molar-refractivity contribution is 0.221. The number of nitrogens with two attached hydrogens (primary N) is 1. The number of ether oxygens (including phenoxy) is 1. The molecular formula is C17H27N3O. The molecule has 21 heavy (non-hydrogen) atoms. The second kappa shape index (κ2) is 8.67. The number of hydrogen-bond acceptors (Lipinski definition) is 3. The van der Waals surface area contributed by atoms with E-state index in [1.807, 2.05) is 0 Å². The van der Waals surface area contributed by atoms with Crippen LogP contribution in [0.4, 0.5) is 0 Å². The second-order valence-corrected chi connectivity index (χ2v) is 5.81. The van der Waals surface area contributed by atoms with E-state index in [1.54, 1.807) is 0 Å². The van der Waals surface area contributed by atoms with E-state index in [0.29, 0.717) is 13.0 Å². The SMILES string of the molecule is N=C(N)CCCCOc1ccc(CN2CCCCC2)cc1. The predicted octanol–water partition coefficient (Wildman–Crippen LogP) is 3.16. The zero-order chi connectivity index (χ0) is 14.9. The van der Waals surface area contributed by atoms with Crippen LogP contribution in [0, 0.1) is 5.41 Å². The third kappa shape index (κ3) is 6.17. The number of nitrogens with one attached hydrogen (secondary N) is 1. The molecule has 116 valence electrons. The van der Waals surface area contributed by atoms with Gasteiger partial charge in [0.1, 0.15) is 5.75 Å². The lowest BCUT2D eigenvalue weighted by Crippen LogP contribution is -2.28. The van der Waals surface area contributed by atoms with Gasteiger partial charge in [0.05, 0.1) is 12.4 Å². The summed E-state index contributed by atoms with van der Waals surface area (Å²) in [5.74, 6) is 1.19. The molecule has 1 aliphatic rings. The Kier molecular flexibility index (Phi) is 6.54. The summed E-state index contributed by atoms with van der Waals surface area (Å²) in [6.07, 6.45) is 6.57. The van der Waals surface area contributed by atoms with Crippen LogP contribution in [0.25, 0.3) is 0 Å². The van der Waals surface area contributed by atoms with Crippen molar-refractivity contribution in [3.05, 3.63) is 29.8 Å². The van der Waals surface area contributed by atoms with E-state index < -0.39 is 0 Å². The van der Waals surface area contributed by atoms with Gasteiger partial charge in [0.25, 0.3) is 0 Å². The van der Waals surface area contributed by atoms with Crippen LogP contribution in [0.15, 0.2) is 24.3 Å². The molecule has 4 heteroatoms. The Hall–Kier alpha value is -1.55. The van der Waals surface area contributed by atoms with E-state index in [4.69, 9.17) is 15.9 Å². The van der Waals surface area contributed by atoms with Gasteiger partial charge in [0.2, 0.25) is 0 Å². The molecule has 1 saturated heterocycles. The topological polar surface area (TPSA) is 62.3 Å². The largest absolute Gasteiger partial charge is 0.494 e. The number of hydrogen-bond donors (Lipinski definition) is 2. The van der Waals surface area contributed by atoms with Gasteiger partial charge in [-0.2, -0.15) is 0 Å². The van der Waals surface area contributed by atoms with Crippen LogP contribution in [0.5, 0.6) is 5.75 Å². The van der Waals surface area contributed by atoms with E-state index in [2.05, 4.69) is 29.2 Å². The summed E-state index contributed by atoms with van der Waals surface area (Å²) in [5, 5.41) is 7.16. The van der Waals surface area contributed by atoms with Gasteiger partial charge in [-0.1, -0.05) is 18.6 Å². The Morgan fingerprint density at radius 1 is 1.10 bits per heavy atom. The summed E-state index contributed by atoms with van der Waals surface area (Å²) >= 11 is 0. The van der Waals surface area contributed by atoms with Crippen LogP contribution in [-0.4, -0.2) is 30.4 Å². The molecule has 0 bridgehead atoms. The first-order valence-electron chi connectivity index (χ1n) is 8.01. The summed E-state index contributed by atoms with van der Waals surface area (Å²) < 4.78 is 5.71. The maximum atomic E-state index is 7.16. The molecule has 0 unspecified atom stereocenters. The fraction of sp³-hybridized carbons (Fsp3) is 0.588. The van der Waals surface area contributed by atoms with Crippen LogP contribution in [0.2, 0.25) is 0 Å². The number of unbranched alkanes of at least 4 members (excludes halogenated alkanes) is 1. The van der Waals surface area contributed by atoms with Crippen molar-refractivity contribution >= 4 is 5.84 Å². The molecule has 1 heterocycles. The highest BCUT2D eigenvalue weighted by molar-refractivity contribution is 5.76. The van der Waals surface area contributed by atoms with Crippen molar-refractivity contribution in [1.82, 2.24) is 4.90 Å². The van der Waals surface area contributed by atoms with Crippen LogP contribution < -0.4 is 10.5 Å². The minimum absolute atomic E-state index is 0.261. The molecule has 2 rings (SSSR count). The summed E-state index contributed by atoms with van der Waals surface area (Å²) in [7, 11) is 0. The monoisotopic (exact) mass is 289 g/mol. The average molecular weight is 289 g/mol. The van der Waals surface area contributed by atoms with E-state index in [0.717, 1.165) is 25.1 Å². The highest BCUT2D eigenvalue weighted by Crippen LogP contribution is 2.16. The fourth-order valence-electron chi connectivity index (χ4n) is 2.67. The van der Waals surface area contributed by atoms with Crippen LogP contribution in [0.1, 0.15) is 44.1 Å². The molecule has 1 fully saturated rings. The zero-order valence-electron chi connectivity index (χ0n) is 12.8. The van der Waals surface area contributed by atoms with E-state index >= 15 is 0 Å². The Labute approximate surface area is 127 Å². The molecule has 0 atom stereocenters. The molecule has 0 aromatic heterocycles. The number of rotatable bonds is 8. The third-order valence-electron chi connectivity index (χ3n) is 3.89. The lowest BCUT2D eigenvalue weighted by Gasteiger charge is -2.26. The van der Waals surface area contributed by atoms with Crippen molar-refractivity contribution in [2.75, 3.05) is 19.7 Å². The van der Waals surface area contributed by atoms with Gasteiger partial charge in [-0.05, 0) is 56.5 Å². The van der Waals surface area contributed by atoms with Gasteiger partial charge in [-0.25, -0.2) is 0 Å². The third-order valence-corrected chi connectivity index (χ3v) is 3.89. The van der Waals surface area contributed by atoms with E-state index in [1.165, 1.54) is 37.9 Å². The molecule has 1 aromatic rings. The molecule has 1 aromatic carbocycles. The van der Waals surface area contributed by atoms with Gasteiger partial charge in [0.15, 0.2) is 0 Å². The number of likely N-dealkylation sites (tertiary alicyclic amines) is 1. The zero-order valence-corrected chi connectivity index (χ0v) is 12.8. The minimum atomic E-state index is 0.261. The molecule has 0 amide bonds. The predicted molar refractivity (Wildman–Crippen MR) is 86.8 cm³/mol. The molecule has 0 aliphatic carbocycles. The normalized spacial score (nSPS) is 15.8. The first-order valence-corrected chi connectivity index (χ1v) is 8.01. The van der Waals surface area contributed by atoms with Crippen LogP contribution in [-0.2, 0) is 6.54 Å². The maximum Gasteiger partial charge on any atom is 0.119 e. The van der Waals surface area contributed by atoms with Crippen molar-refractivity contribution in [1.29, 1.82) is 5.41 Å². The van der Waals surface area contributed by atoms with Crippen molar-refractivity contribution in [3.8, 4) is 5.75 Å².